The first kappa shape index (κ1) is 25.9. The van der Waals surface area contributed by atoms with E-state index in [1.54, 1.807) is 12.1 Å². The quantitative estimate of drug-likeness (QED) is 0.434. The van der Waals surface area contributed by atoms with E-state index < -0.39 is 0 Å². The van der Waals surface area contributed by atoms with Gasteiger partial charge in [-0.25, -0.2) is 0 Å². The fourth-order valence-electron chi connectivity index (χ4n) is 3.09. The highest BCUT2D eigenvalue weighted by Crippen LogP contribution is 2.28. The summed E-state index contributed by atoms with van der Waals surface area (Å²) in [5.41, 5.74) is 4.25. The topological polar surface area (TPSA) is 63.6 Å². The monoisotopic (exact) mass is 446 g/mol. The first-order valence-corrected chi connectivity index (χ1v) is 11.0. The molecular formula is C29H34O4. The molecule has 1 N–H and O–H groups in total. The maximum atomic E-state index is 11.2. The molecule has 0 aliphatic rings. The SMILES string of the molecule is CC(C)(C)c1ccc(O)c(C=O)c1.CC(C)(C)c1ccc(OCc2ccccc2)c(C=O)c1. The number of carbonyl (C=O) groups is 2. The predicted octanol–water partition coefficient (Wildman–Crippen LogP) is 6.88. The third-order valence-electron chi connectivity index (χ3n) is 5.26. The number of ether oxygens (including phenoxy) is 1. The van der Waals surface area contributed by atoms with Gasteiger partial charge in [-0.2, -0.15) is 0 Å². The molecule has 0 radical (unpaired) electrons. The molecule has 0 fully saturated rings. The van der Waals surface area contributed by atoms with Gasteiger partial charge in [-0.1, -0.05) is 84.0 Å². The molecule has 3 aromatic rings. The summed E-state index contributed by atoms with van der Waals surface area (Å²) in [6.45, 7) is 13.0. The number of aromatic hydroxyl groups is 1. The van der Waals surface area contributed by atoms with Gasteiger partial charge in [0.1, 0.15) is 18.1 Å². The summed E-state index contributed by atoms with van der Waals surface area (Å²) in [7, 11) is 0. The number of phenols is 1. The van der Waals surface area contributed by atoms with Crippen molar-refractivity contribution in [2.45, 2.75) is 59.0 Å². The lowest BCUT2D eigenvalue weighted by atomic mass is 9.86. The van der Waals surface area contributed by atoms with Crippen LogP contribution in [0.25, 0.3) is 0 Å². The molecule has 0 spiro atoms. The van der Waals surface area contributed by atoms with Crippen LogP contribution >= 0.6 is 0 Å². The Morgan fingerprint density at radius 2 is 1.24 bits per heavy atom. The molecule has 0 saturated heterocycles. The summed E-state index contributed by atoms with van der Waals surface area (Å²) in [4.78, 5) is 21.8. The summed E-state index contributed by atoms with van der Waals surface area (Å²) in [6, 6.07) is 20.9. The van der Waals surface area contributed by atoms with E-state index in [9.17, 15) is 14.7 Å². The third-order valence-corrected chi connectivity index (χ3v) is 5.26. The van der Waals surface area contributed by atoms with Crippen molar-refractivity contribution in [2.75, 3.05) is 0 Å². The Bertz CT molecular complexity index is 1070. The van der Waals surface area contributed by atoms with Crippen molar-refractivity contribution in [3.8, 4) is 11.5 Å². The lowest BCUT2D eigenvalue weighted by molar-refractivity contribution is 0.111. The summed E-state index contributed by atoms with van der Waals surface area (Å²) < 4.78 is 5.75. The van der Waals surface area contributed by atoms with Gasteiger partial charge in [0, 0.05) is 0 Å². The minimum Gasteiger partial charge on any atom is -0.507 e. The molecule has 174 valence electrons. The van der Waals surface area contributed by atoms with Gasteiger partial charge in [-0.3, -0.25) is 9.59 Å². The van der Waals surface area contributed by atoms with Crippen molar-refractivity contribution < 1.29 is 19.4 Å². The fourth-order valence-corrected chi connectivity index (χ4v) is 3.09. The Morgan fingerprint density at radius 3 is 1.76 bits per heavy atom. The molecule has 4 heteroatoms. The maximum Gasteiger partial charge on any atom is 0.153 e. The predicted molar refractivity (Wildman–Crippen MR) is 133 cm³/mol. The normalized spacial score (nSPS) is 11.2. The van der Waals surface area contributed by atoms with E-state index in [0.29, 0.717) is 29.8 Å². The molecular weight excluding hydrogens is 412 g/mol. The molecule has 0 unspecified atom stereocenters. The van der Waals surface area contributed by atoms with Crippen LogP contribution < -0.4 is 4.74 Å². The number of benzene rings is 3. The van der Waals surface area contributed by atoms with Gasteiger partial charge in [-0.15, -0.1) is 0 Å². The number of rotatable bonds is 5. The average Bonchev–Trinajstić information content (AvgIpc) is 2.77. The second-order valence-corrected chi connectivity index (χ2v) is 10.0. The maximum absolute atomic E-state index is 11.2. The number of aldehydes is 2. The molecule has 4 nitrogen and oxygen atoms in total. The van der Waals surface area contributed by atoms with Crippen molar-refractivity contribution >= 4 is 12.6 Å². The molecule has 0 amide bonds. The van der Waals surface area contributed by atoms with Crippen LogP contribution in [0.3, 0.4) is 0 Å². The van der Waals surface area contributed by atoms with Crippen LogP contribution in [0.15, 0.2) is 66.7 Å². The Hall–Kier alpha value is -3.40. The Morgan fingerprint density at radius 1 is 0.727 bits per heavy atom. The van der Waals surface area contributed by atoms with Gasteiger partial charge < -0.3 is 9.84 Å². The van der Waals surface area contributed by atoms with Crippen LogP contribution in [0.4, 0.5) is 0 Å². The second-order valence-electron chi connectivity index (χ2n) is 10.0. The van der Waals surface area contributed by atoms with Crippen LogP contribution in [-0.4, -0.2) is 17.7 Å². The zero-order chi connectivity index (χ0) is 24.6. The highest BCUT2D eigenvalue weighted by Gasteiger charge is 2.16. The summed E-state index contributed by atoms with van der Waals surface area (Å²) in [6.07, 6.45) is 1.53. The van der Waals surface area contributed by atoms with Gasteiger partial charge in [-0.05, 0) is 51.8 Å². The molecule has 0 aromatic heterocycles. The Labute approximate surface area is 197 Å². The van der Waals surface area contributed by atoms with E-state index >= 15 is 0 Å². The first-order valence-electron chi connectivity index (χ1n) is 11.0. The standard InChI is InChI=1S/C18H20O2.C11H14O2/c1-18(2,3)16-9-10-17(15(11-16)12-19)20-13-14-7-5-4-6-8-14;1-11(2,3)9-4-5-10(13)8(6-9)7-12/h4-12H,13H2,1-3H3;4-7,13H,1-3H3. The van der Waals surface area contributed by atoms with Gasteiger partial charge in [0.25, 0.3) is 0 Å². The molecule has 0 atom stereocenters. The van der Waals surface area contributed by atoms with Crippen molar-refractivity contribution in [3.63, 3.8) is 0 Å². The summed E-state index contributed by atoms with van der Waals surface area (Å²) in [5.74, 6) is 0.680. The molecule has 3 aromatic carbocycles. The molecule has 0 heterocycles. The molecule has 3 rings (SSSR count). The van der Waals surface area contributed by atoms with Gasteiger partial charge in [0.05, 0.1) is 11.1 Å². The molecule has 0 aliphatic carbocycles. The van der Waals surface area contributed by atoms with Crippen LogP contribution in [0, 0.1) is 0 Å². The first-order chi connectivity index (χ1) is 15.5. The minimum atomic E-state index is 0.00542. The molecule has 0 saturated carbocycles. The van der Waals surface area contributed by atoms with Crippen molar-refractivity contribution in [2.24, 2.45) is 0 Å². The molecule has 33 heavy (non-hydrogen) atoms. The molecule has 0 aliphatic heterocycles. The van der Waals surface area contributed by atoms with Gasteiger partial charge in [0.15, 0.2) is 12.6 Å². The summed E-state index contributed by atoms with van der Waals surface area (Å²) >= 11 is 0. The lowest BCUT2D eigenvalue weighted by Gasteiger charge is -2.20. The third kappa shape index (κ3) is 7.60. The number of carbonyl (C=O) groups excluding carboxylic acids is 2. The van der Waals surface area contributed by atoms with E-state index in [-0.39, 0.29) is 16.6 Å². The van der Waals surface area contributed by atoms with Crippen LogP contribution in [0.1, 0.15) is 78.9 Å². The second kappa shape index (κ2) is 11.0. The van der Waals surface area contributed by atoms with E-state index in [1.807, 2.05) is 54.6 Å². The van der Waals surface area contributed by atoms with E-state index in [0.717, 1.165) is 23.0 Å². The minimum absolute atomic E-state index is 0.00542. The number of phenolic OH excluding ortho intramolecular Hbond substituents is 1. The highest BCUT2D eigenvalue weighted by molar-refractivity contribution is 5.80. The average molecular weight is 447 g/mol. The number of hydrogen-bond acceptors (Lipinski definition) is 4. The Kier molecular flexibility index (Phi) is 8.58. The van der Waals surface area contributed by atoms with Crippen LogP contribution in [0.5, 0.6) is 11.5 Å². The van der Waals surface area contributed by atoms with Crippen LogP contribution in [0.2, 0.25) is 0 Å². The van der Waals surface area contributed by atoms with E-state index in [1.165, 1.54) is 0 Å². The van der Waals surface area contributed by atoms with Crippen molar-refractivity contribution in [1.29, 1.82) is 0 Å². The Balaban J connectivity index is 0.000000257. The van der Waals surface area contributed by atoms with Crippen molar-refractivity contribution in [3.05, 3.63) is 94.5 Å². The lowest BCUT2D eigenvalue weighted by Crippen LogP contribution is -2.11. The van der Waals surface area contributed by atoms with Gasteiger partial charge in [0.2, 0.25) is 0 Å². The fraction of sp³-hybridized carbons (Fsp3) is 0.310. The largest absolute Gasteiger partial charge is 0.507 e. The number of hydrogen-bond donors (Lipinski definition) is 1. The summed E-state index contributed by atoms with van der Waals surface area (Å²) in [5, 5.41) is 9.27. The van der Waals surface area contributed by atoms with E-state index in [2.05, 4.69) is 41.5 Å². The smallest absolute Gasteiger partial charge is 0.153 e. The van der Waals surface area contributed by atoms with Crippen molar-refractivity contribution in [1.82, 2.24) is 0 Å². The zero-order valence-corrected chi connectivity index (χ0v) is 20.4. The molecule has 0 bridgehead atoms. The van der Waals surface area contributed by atoms with E-state index in [4.69, 9.17) is 4.74 Å². The highest BCUT2D eigenvalue weighted by atomic mass is 16.5. The van der Waals surface area contributed by atoms with Gasteiger partial charge >= 0.3 is 0 Å². The van der Waals surface area contributed by atoms with Crippen LogP contribution in [-0.2, 0) is 17.4 Å². The zero-order valence-electron chi connectivity index (χ0n) is 20.4.